The first-order chi connectivity index (χ1) is 14.9. The lowest BCUT2D eigenvalue weighted by atomic mass is 10.1. The van der Waals surface area contributed by atoms with E-state index in [0.717, 1.165) is 36.3 Å². The average molecular weight is 462 g/mol. The minimum atomic E-state index is -0.926. The van der Waals surface area contributed by atoms with Crippen LogP contribution in [0.3, 0.4) is 0 Å². The van der Waals surface area contributed by atoms with Gasteiger partial charge in [0.1, 0.15) is 16.7 Å². The van der Waals surface area contributed by atoms with Gasteiger partial charge in [-0.05, 0) is 73.1 Å². The Balaban J connectivity index is 1.64. The van der Waals surface area contributed by atoms with Crippen LogP contribution in [-0.4, -0.2) is 49.8 Å². The van der Waals surface area contributed by atoms with Crippen LogP contribution < -0.4 is 4.74 Å². The molecule has 0 bridgehead atoms. The highest BCUT2D eigenvalue weighted by atomic mass is 35.5. The SMILES string of the molecule is C=C(CCCSCCCc1cc(OC)c(O)c(-n2nc3ccc(Cl)cc3n2)c1)C(=O)O. The van der Waals surface area contributed by atoms with Crippen molar-refractivity contribution in [1.29, 1.82) is 0 Å². The van der Waals surface area contributed by atoms with Gasteiger partial charge in [0.15, 0.2) is 11.5 Å². The standard InChI is InChI=1S/C22H24ClN3O4S/c1-14(22(28)29)5-3-9-31-10-4-6-15-11-19(21(27)20(12-15)30-2)26-24-17-8-7-16(23)13-18(17)25-26/h7-8,11-13,27H,1,3-6,9-10H2,2H3,(H,28,29). The summed E-state index contributed by atoms with van der Waals surface area (Å²) in [5.74, 6) is 1.26. The monoisotopic (exact) mass is 461 g/mol. The van der Waals surface area contributed by atoms with Crippen LogP contribution in [0.25, 0.3) is 16.7 Å². The predicted octanol–water partition coefficient (Wildman–Crippen LogP) is 4.87. The number of aromatic hydroxyl groups is 1. The van der Waals surface area contributed by atoms with Crippen molar-refractivity contribution in [1.82, 2.24) is 15.0 Å². The maximum atomic E-state index is 10.7. The number of benzene rings is 2. The second kappa shape index (κ2) is 10.5. The summed E-state index contributed by atoms with van der Waals surface area (Å²) in [6, 6.07) is 8.93. The van der Waals surface area contributed by atoms with Gasteiger partial charge in [-0.2, -0.15) is 11.8 Å². The number of phenols is 1. The summed E-state index contributed by atoms with van der Waals surface area (Å²) in [6.45, 7) is 3.54. The summed E-state index contributed by atoms with van der Waals surface area (Å²) < 4.78 is 5.34. The van der Waals surface area contributed by atoms with Gasteiger partial charge in [-0.25, -0.2) is 4.79 Å². The number of phenolic OH excluding ortho intramolecular Hbond substituents is 1. The van der Waals surface area contributed by atoms with Gasteiger partial charge >= 0.3 is 5.97 Å². The van der Waals surface area contributed by atoms with E-state index in [9.17, 15) is 9.90 Å². The number of carboxylic acids is 1. The Bertz CT molecular complexity index is 1100. The maximum Gasteiger partial charge on any atom is 0.330 e. The number of thioether (sulfide) groups is 1. The minimum Gasteiger partial charge on any atom is -0.503 e. The van der Waals surface area contributed by atoms with Crippen molar-refractivity contribution in [2.75, 3.05) is 18.6 Å². The second-order valence-electron chi connectivity index (χ2n) is 7.02. The van der Waals surface area contributed by atoms with Gasteiger partial charge in [-0.15, -0.1) is 15.0 Å². The fourth-order valence-corrected chi connectivity index (χ4v) is 4.14. The van der Waals surface area contributed by atoms with Gasteiger partial charge in [0, 0.05) is 10.6 Å². The molecule has 3 aromatic rings. The topological polar surface area (TPSA) is 97.5 Å². The molecule has 2 N–H and O–H groups in total. The third kappa shape index (κ3) is 5.92. The summed E-state index contributed by atoms with van der Waals surface area (Å²) >= 11 is 7.82. The molecular weight excluding hydrogens is 438 g/mol. The highest BCUT2D eigenvalue weighted by molar-refractivity contribution is 7.99. The van der Waals surface area contributed by atoms with Crippen LogP contribution >= 0.6 is 23.4 Å². The summed E-state index contributed by atoms with van der Waals surface area (Å²) in [7, 11) is 1.51. The van der Waals surface area contributed by atoms with E-state index in [4.69, 9.17) is 21.4 Å². The lowest BCUT2D eigenvalue weighted by molar-refractivity contribution is -0.132. The Morgan fingerprint density at radius 1 is 1.19 bits per heavy atom. The second-order valence-corrected chi connectivity index (χ2v) is 8.68. The summed E-state index contributed by atoms with van der Waals surface area (Å²) in [5, 5.41) is 28.8. The van der Waals surface area contributed by atoms with E-state index in [2.05, 4.69) is 16.8 Å². The quantitative estimate of drug-likeness (QED) is 0.310. The molecule has 3 rings (SSSR count). The number of carboxylic acid groups (broad SMARTS) is 1. The molecule has 0 spiro atoms. The molecule has 0 fully saturated rings. The number of aromatic nitrogens is 3. The zero-order valence-electron chi connectivity index (χ0n) is 17.2. The van der Waals surface area contributed by atoms with Gasteiger partial charge in [0.05, 0.1) is 7.11 Å². The zero-order valence-corrected chi connectivity index (χ0v) is 18.7. The van der Waals surface area contributed by atoms with Crippen LogP contribution in [0.2, 0.25) is 5.02 Å². The number of aliphatic carboxylic acids is 1. The Hall–Kier alpha value is -2.71. The molecule has 0 aliphatic heterocycles. The molecule has 1 heterocycles. The molecule has 0 saturated carbocycles. The molecular formula is C22H24ClN3O4S. The Labute approximate surface area is 189 Å². The van der Waals surface area contributed by atoms with Gasteiger partial charge in [-0.3, -0.25) is 0 Å². The number of nitrogens with zero attached hydrogens (tertiary/aromatic N) is 3. The van der Waals surface area contributed by atoms with Crippen molar-refractivity contribution in [3.63, 3.8) is 0 Å². The number of carbonyl (C=O) groups is 1. The van der Waals surface area contributed by atoms with Crippen molar-refractivity contribution in [2.24, 2.45) is 0 Å². The van der Waals surface area contributed by atoms with Gasteiger partial charge in [0.2, 0.25) is 0 Å². The van der Waals surface area contributed by atoms with Gasteiger partial charge in [0.25, 0.3) is 0 Å². The molecule has 1 aromatic heterocycles. The normalized spacial score (nSPS) is 11.0. The number of aryl methyl sites for hydroxylation is 1. The third-order valence-electron chi connectivity index (χ3n) is 4.72. The molecule has 2 aromatic carbocycles. The fourth-order valence-electron chi connectivity index (χ4n) is 3.07. The predicted molar refractivity (Wildman–Crippen MR) is 124 cm³/mol. The molecule has 0 aliphatic carbocycles. The number of hydrogen-bond acceptors (Lipinski definition) is 6. The summed E-state index contributed by atoms with van der Waals surface area (Å²) in [5.41, 5.74) is 3.02. The van der Waals surface area contributed by atoms with Crippen molar-refractivity contribution in [3.05, 3.63) is 53.1 Å². The number of fused-ring (bicyclic) bond motifs is 1. The molecule has 0 atom stereocenters. The highest BCUT2D eigenvalue weighted by Gasteiger charge is 2.15. The van der Waals surface area contributed by atoms with Crippen LogP contribution in [0.15, 0.2) is 42.5 Å². The Kier molecular flexibility index (Phi) is 7.81. The smallest absolute Gasteiger partial charge is 0.330 e. The molecule has 0 unspecified atom stereocenters. The number of rotatable bonds is 11. The molecule has 9 heteroatoms. The van der Waals surface area contributed by atoms with Crippen LogP contribution in [-0.2, 0) is 11.2 Å². The molecule has 7 nitrogen and oxygen atoms in total. The van der Waals surface area contributed by atoms with Crippen molar-refractivity contribution < 1.29 is 19.7 Å². The van der Waals surface area contributed by atoms with Crippen molar-refractivity contribution >= 4 is 40.4 Å². The number of methoxy groups -OCH3 is 1. The molecule has 0 radical (unpaired) electrons. The van der Waals surface area contributed by atoms with E-state index in [1.807, 2.05) is 12.1 Å². The first-order valence-electron chi connectivity index (χ1n) is 9.80. The fraction of sp³-hybridized carbons (Fsp3) is 0.318. The Morgan fingerprint density at radius 2 is 1.94 bits per heavy atom. The van der Waals surface area contributed by atoms with Crippen LogP contribution in [0.1, 0.15) is 24.8 Å². The van der Waals surface area contributed by atoms with E-state index in [1.165, 1.54) is 11.9 Å². The lowest BCUT2D eigenvalue weighted by Crippen LogP contribution is -2.02. The van der Waals surface area contributed by atoms with Crippen molar-refractivity contribution in [2.45, 2.75) is 25.7 Å². The molecule has 0 aliphatic rings. The van der Waals surface area contributed by atoms with Crippen LogP contribution in [0, 0.1) is 0 Å². The molecule has 0 amide bonds. The van der Waals surface area contributed by atoms with E-state index >= 15 is 0 Å². The third-order valence-corrected chi connectivity index (χ3v) is 6.11. The van der Waals surface area contributed by atoms with E-state index < -0.39 is 5.97 Å². The summed E-state index contributed by atoms with van der Waals surface area (Å²) in [4.78, 5) is 12.1. The first kappa shape index (κ1) is 23.0. The summed E-state index contributed by atoms with van der Waals surface area (Å²) in [6.07, 6.45) is 3.04. The van der Waals surface area contributed by atoms with Gasteiger partial charge in [-0.1, -0.05) is 18.2 Å². The van der Waals surface area contributed by atoms with Crippen LogP contribution in [0.5, 0.6) is 11.5 Å². The highest BCUT2D eigenvalue weighted by Crippen LogP contribution is 2.34. The minimum absolute atomic E-state index is 0.0225. The average Bonchev–Trinajstić information content (AvgIpc) is 3.16. The largest absolute Gasteiger partial charge is 0.503 e. The Morgan fingerprint density at radius 3 is 2.68 bits per heavy atom. The number of halogens is 1. The van der Waals surface area contributed by atoms with E-state index in [0.29, 0.717) is 33.9 Å². The number of hydrogen-bond donors (Lipinski definition) is 2. The van der Waals surface area contributed by atoms with Crippen LogP contribution in [0.4, 0.5) is 0 Å². The van der Waals surface area contributed by atoms with E-state index in [-0.39, 0.29) is 11.3 Å². The first-order valence-corrected chi connectivity index (χ1v) is 11.3. The van der Waals surface area contributed by atoms with Gasteiger partial charge < -0.3 is 14.9 Å². The number of ether oxygens (including phenoxy) is 1. The molecule has 0 saturated heterocycles. The molecule has 164 valence electrons. The zero-order chi connectivity index (χ0) is 22.4. The maximum absolute atomic E-state index is 10.7. The molecule has 31 heavy (non-hydrogen) atoms. The van der Waals surface area contributed by atoms with E-state index in [1.54, 1.807) is 30.0 Å². The van der Waals surface area contributed by atoms with Crippen molar-refractivity contribution in [3.8, 4) is 17.2 Å². The lowest BCUT2D eigenvalue weighted by Gasteiger charge is -2.11.